The molecule has 174 valence electrons. The van der Waals surface area contributed by atoms with Crippen LogP contribution in [0, 0.1) is 5.92 Å². The van der Waals surface area contributed by atoms with Crippen molar-refractivity contribution in [3.63, 3.8) is 0 Å². The van der Waals surface area contributed by atoms with Gasteiger partial charge < -0.3 is 15.0 Å². The van der Waals surface area contributed by atoms with Crippen molar-refractivity contribution in [3.05, 3.63) is 48.2 Å². The number of hydrogen-bond donors (Lipinski definition) is 2. The van der Waals surface area contributed by atoms with Crippen LogP contribution in [-0.2, 0) is 21.3 Å². The topological polar surface area (TPSA) is 83.6 Å². The van der Waals surface area contributed by atoms with Gasteiger partial charge in [0, 0.05) is 31.9 Å². The Kier molecular flexibility index (Phi) is 7.65. The highest BCUT2D eigenvalue weighted by Crippen LogP contribution is 2.29. The van der Waals surface area contributed by atoms with Crippen LogP contribution in [0.15, 0.2) is 47.5 Å². The van der Waals surface area contributed by atoms with E-state index in [4.69, 9.17) is 4.74 Å². The van der Waals surface area contributed by atoms with Gasteiger partial charge in [-0.05, 0) is 43.0 Å². The van der Waals surface area contributed by atoms with Crippen molar-refractivity contribution in [2.45, 2.75) is 56.5 Å². The molecule has 2 heterocycles. The Hall–Kier alpha value is -2.16. The van der Waals surface area contributed by atoms with Crippen LogP contribution in [0.4, 0.5) is 11.5 Å². The first-order valence-corrected chi connectivity index (χ1v) is 13.1. The third-order valence-electron chi connectivity index (χ3n) is 6.43. The fraction of sp³-hybridized carbons (Fsp3) is 0.542. The number of ether oxygens (including phenoxy) is 1. The molecule has 1 aliphatic heterocycles. The Morgan fingerprint density at radius 2 is 1.88 bits per heavy atom. The monoisotopic (exact) mass is 458 g/mol. The molecule has 1 aromatic heterocycles. The standard InChI is InChI=1S/C24H34N4O3S/c1-19(16-20-6-2-3-7-20)25-17-21-8-4-5-9-23(21)27-32(29,30)22-10-11-24(26-18-22)28-12-14-31-15-13-28/h4-5,8-11,18-20,25,27H,2-3,6-7,12-17H2,1H3/t19-/m0/s1. The van der Waals surface area contributed by atoms with Crippen molar-refractivity contribution in [1.82, 2.24) is 10.3 Å². The Morgan fingerprint density at radius 1 is 1.12 bits per heavy atom. The maximum Gasteiger partial charge on any atom is 0.263 e. The second-order valence-electron chi connectivity index (χ2n) is 8.88. The van der Waals surface area contributed by atoms with Crippen molar-refractivity contribution >= 4 is 21.5 Å². The van der Waals surface area contributed by atoms with Crippen LogP contribution >= 0.6 is 0 Å². The normalized spacial score (nSPS) is 18.6. The number of para-hydroxylation sites is 1. The molecule has 0 unspecified atom stereocenters. The molecule has 1 saturated carbocycles. The van der Waals surface area contributed by atoms with Crippen LogP contribution in [0.5, 0.6) is 0 Å². The maximum atomic E-state index is 13.0. The molecule has 7 nitrogen and oxygen atoms in total. The number of anilines is 2. The number of hydrogen-bond acceptors (Lipinski definition) is 6. The quantitative estimate of drug-likeness (QED) is 0.595. The van der Waals surface area contributed by atoms with E-state index < -0.39 is 10.0 Å². The summed E-state index contributed by atoms with van der Waals surface area (Å²) in [4.78, 5) is 6.64. The van der Waals surface area contributed by atoms with E-state index in [1.807, 2.05) is 24.3 Å². The first-order valence-electron chi connectivity index (χ1n) is 11.6. The van der Waals surface area contributed by atoms with Gasteiger partial charge in [0.05, 0.1) is 18.9 Å². The molecule has 8 heteroatoms. The number of pyridine rings is 1. The minimum Gasteiger partial charge on any atom is -0.378 e. The van der Waals surface area contributed by atoms with E-state index in [0.717, 1.165) is 30.4 Å². The van der Waals surface area contributed by atoms with E-state index >= 15 is 0 Å². The largest absolute Gasteiger partial charge is 0.378 e. The Bertz CT molecular complexity index is 969. The SMILES string of the molecule is C[C@@H](CC1CCCC1)NCc1ccccc1NS(=O)(=O)c1ccc(N2CCOCC2)nc1. The molecule has 32 heavy (non-hydrogen) atoms. The molecule has 1 aliphatic carbocycles. The third kappa shape index (κ3) is 5.99. The highest BCUT2D eigenvalue weighted by molar-refractivity contribution is 7.92. The number of nitrogens with zero attached hydrogens (tertiary/aromatic N) is 2. The van der Waals surface area contributed by atoms with Gasteiger partial charge >= 0.3 is 0 Å². The van der Waals surface area contributed by atoms with E-state index in [2.05, 4.69) is 26.8 Å². The molecule has 0 amide bonds. The number of sulfonamides is 1. The second-order valence-corrected chi connectivity index (χ2v) is 10.6. The summed E-state index contributed by atoms with van der Waals surface area (Å²) in [5.41, 5.74) is 1.54. The van der Waals surface area contributed by atoms with Crippen LogP contribution in [0.1, 0.15) is 44.6 Å². The lowest BCUT2D eigenvalue weighted by Crippen LogP contribution is -2.36. The third-order valence-corrected chi connectivity index (χ3v) is 7.78. The van der Waals surface area contributed by atoms with E-state index in [1.165, 1.54) is 38.3 Å². The number of benzene rings is 1. The first-order chi connectivity index (χ1) is 15.5. The second kappa shape index (κ2) is 10.6. The van der Waals surface area contributed by atoms with Gasteiger partial charge in [-0.25, -0.2) is 13.4 Å². The summed E-state index contributed by atoms with van der Waals surface area (Å²) in [5, 5.41) is 3.57. The predicted molar refractivity (Wildman–Crippen MR) is 127 cm³/mol. The van der Waals surface area contributed by atoms with Gasteiger partial charge in [0.2, 0.25) is 0 Å². The van der Waals surface area contributed by atoms with Crippen LogP contribution in [0.2, 0.25) is 0 Å². The molecule has 0 spiro atoms. The van der Waals surface area contributed by atoms with Gasteiger partial charge in [0.1, 0.15) is 10.7 Å². The van der Waals surface area contributed by atoms with E-state index in [9.17, 15) is 8.42 Å². The number of nitrogens with one attached hydrogen (secondary N) is 2. The van der Waals surface area contributed by atoms with Crippen LogP contribution in [-0.4, -0.2) is 45.7 Å². The molecule has 2 aromatic rings. The van der Waals surface area contributed by atoms with E-state index in [-0.39, 0.29) is 4.90 Å². The average molecular weight is 459 g/mol. The summed E-state index contributed by atoms with van der Waals surface area (Å²) in [6.45, 7) is 5.68. The van der Waals surface area contributed by atoms with E-state index in [1.54, 1.807) is 12.1 Å². The molecule has 0 radical (unpaired) electrons. The van der Waals surface area contributed by atoms with Crippen molar-refractivity contribution in [2.75, 3.05) is 35.9 Å². The van der Waals surface area contributed by atoms with Gasteiger partial charge in [0.25, 0.3) is 10.0 Å². The molecule has 1 atom stereocenters. The summed E-state index contributed by atoms with van der Waals surface area (Å²) >= 11 is 0. The summed E-state index contributed by atoms with van der Waals surface area (Å²) in [7, 11) is -3.72. The zero-order valence-electron chi connectivity index (χ0n) is 18.8. The van der Waals surface area contributed by atoms with Gasteiger partial charge in [-0.2, -0.15) is 0 Å². The highest BCUT2D eigenvalue weighted by atomic mass is 32.2. The summed E-state index contributed by atoms with van der Waals surface area (Å²) in [5.74, 6) is 1.59. The zero-order chi connectivity index (χ0) is 22.4. The molecule has 2 aliphatic rings. The van der Waals surface area contributed by atoms with Crippen LogP contribution in [0.3, 0.4) is 0 Å². The Balaban J connectivity index is 1.39. The van der Waals surface area contributed by atoms with Gasteiger partial charge in [-0.15, -0.1) is 0 Å². The molecule has 4 rings (SSSR count). The maximum absolute atomic E-state index is 13.0. The lowest BCUT2D eigenvalue weighted by molar-refractivity contribution is 0.122. The number of aromatic nitrogens is 1. The molecule has 0 bridgehead atoms. The fourth-order valence-electron chi connectivity index (χ4n) is 4.60. The molecule has 1 saturated heterocycles. The van der Waals surface area contributed by atoms with E-state index in [0.29, 0.717) is 31.5 Å². The van der Waals surface area contributed by atoms with Crippen LogP contribution in [0.25, 0.3) is 0 Å². The lowest BCUT2D eigenvalue weighted by Gasteiger charge is -2.27. The molecular weight excluding hydrogens is 424 g/mol. The highest BCUT2D eigenvalue weighted by Gasteiger charge is 2.20. The number of rotatable bonds is 9. The van der Waals surface area contributed by atoms with Crippen molar-refractivity contribution in [2.24, 2.45) is 5.92 Å². The fourth-order valence-corrected chi connectivity index (χ4v) is 5.65. The molecule has 2 N–H and O–H groups in total. The number of morpholine rings is 1. The minimum absolute atomic E-state index is 0.159. The summed E-state index contributed by atoms with van der Waals surface area (Å²) < 4.78 is 34.1. The Morgan fingerprint density at radius 3 is 2.59 bits per heavy atom. The Labute approximate surface area is 191 Å². The van der Waals surface area contributed by atoms with Gasteiger partial charge in [-0.1, -0.05) is 43.9 Å². The van der Waals surface area contributed by atoms with Crippen LogP contribution < -0.4 is 14.9 Å². The van der Waals surface area contributed by atoms with Gasteiger partial charge in [0.15, 0.2) is 0 Å². The summed E-state index contributed by atoms with van der Waals surface area (Å²) in [6, 6.07) is 11.3. The summed E-state index contributed by atoms with van der Waals surface area (Å²) in [6.07, 6.45) is 7.98. The predicted octanol–water partition coefficient (Wildman–Crippen LogP) is 3.78. The first kappa shape index (κ1) is 23.0. The van der Waals surface area contributed by atoms with Gasteiger partial charge in [-0.3, -0.25) is 4.72 Å². The van der Waals surface area contributed by atoms with Crippen molar-refractivity contribution in [1.29, 1.82) is 0 Å². The lowest BCUT2D eigenvalue weighted by atomic mass is 9.99. The zero-order valence-corrected chi connectivity index (χ0v) is 19.6. The molecular formula is C24H34N4O3S. The average Bonchev–Trinajstić information content (AvgIpc) is 3.32. The smallest absolute Gasteiger partial charge is 0.263 e. The molecule has 1 aromatic carbocycles. The van der Waals surface area contributed by atoms with Crippen molar-refractivity contribution < 1.29 is 13.2 Å². The minimum atomic E-state index is -3.72. The van der Waals surface area contributed by atoms with Crippen molar-refractivity contribution in [3.8, 4) is 0 Å². The molecule has 2 fully saturated rings.